The van der Waals surface area contributed by atoms with Crippen molar-refractivity contribution in [2.24, 2.45) is 0 Å². The predicted octanol–water partition coefficient (Wildman–Crippen LogP) is -0.889. The van der Waals surface area contributed by atoms with Gasteiger partial charge in [-0.15, -0.1) is 0 Å². The van der Waals surface area contributed by atoms with E-state index in [1.54, 1.807) is 6.92 Å². The second kappa shape index (κ2) is 5.03. The molecular weight excluding hydrogens is 106 g/mol. The molecule has 49 valence electrons. The molecule has 0 saturated carbocycles. The lowest BCUT2D eigenvalue weighted by Crippen LogP contribution is -2.21. The van der Waals surface area contributed by atoms with Crippen molar-refractivity contribution in [1.29, 1.82) is 0 Å². The zero-order valence-electron chi connectivity index (χ0n) is 4.96. The minimum Gasteiger partial charge on any atom is -0.395 e. The predicted molar refractivity (Wildman–Crippen MR) is 31.1 cm³/mol. The summed E-state index contributed by atoms with van der Waals surface area (Å²) in [4.78, 5) is 0. The Labute approximate surface area is 49.3 Å². The van der Waals surface area contributed by atoms with Crippen LogP contribution >= 0.6 is 0 Å². The van der Waals surface area contributed by atoms with Gasteiger partial charge >= 0.3 is 0 Å². The van der Waals surface area contributed by atoms with Crippen LogP contribution in [0.1, 0.15) is 6.92 Å². The van der Waals surface area contributed by atoms with Gasteiger partial charge in [-0.25, -0.2) is 0 Å². The van der Waals surface area contributed by atoms with Gasteiger partial charge < -0.3 is 15.5 Å². The van der Waals surface area contributed by atoms with Crippen molar-refractivity contribution in [2.75, 3.05) is 13.2 Å². The highest BCUT2D eigenvalue weighted by Gasteiger charge is 1.91. The first-order valence-corrected chi connectivity index (χ1v) is 2.63. The number of aliphatic hydroxyl groups excluding tert-OH is 2. The van der Waals surface area contributed by atoms with Gasteiger partial charge in [-0.3, -0.25) is 0 Å². The second-order valence-electron chi connectivity index (χ2n) is 1.59. The van der Waals surface area contributed by atoms with Crippen molar-refractivity contribution in [1.82, 2.24) is 5.32 Å². The summed E-state index contributed by atoms with van der Waals surface area (Å²) in [6, 6.07) is 0. The maximum absolute atomic E-state index is 8.58. The van der Waals surface area contributed by atoms with Gasteiger partial charge in [0.15, 0.2) is 0 Å². The topological polar surface area (TPSA) is 52.5 Å². The highest BCUT2D eigenvalue weighted by molar-refractivity contribution is 4.66. The molecule has 0 amide bonds. The molecule has 3 heteroatoms. The molecule has 0 heterocycles. The summed E-state index contributed by atoms with van der Waals surface area (Å²) in [5.74, 6) is 0. The van der Waals surface area contributed by atoms with E-state index in [9.17, 15) is 0 Å². The van der Waals surface area contributed by atoms with E-state index >= 15 is 0 Å². The molecule has 0 aromatic rings. The van der Waals surface area contributed by atoms with Gasteiger partial charge in [0.25, 0.3) is 0 Å². The molecule has 0 aromatic carbocycles. The third-order valence-corrected chi connectivity index (χ3v) is 0.615. The normalized spacial score (nSPS) is 13.9. The zero-order chi connectivity index (χ0) is 6.41. The van der Waals surface area contributed by atoms with E-state index in [2.05, 4.69) is 5.32 Å². The largest absolute Gasteiger partial charge is 0.395 e. The third kappa shape index (κ3) is 5.88. The minimum atomic E-state index is -0.443. The van der Waals surface area contributed by atoms with Crippen LogP contribution in [0.3, 0.4) is 0 Å². The fourth-order valence-electron chi connectivity index (χ4n) is 0.318. The average Bonchev–Trinajstić information content (AvgIpc) is 1.66. The fraction of sp³-hybridized carbons (Fsp3) is 0.800. The van der Waals surface area contributed by atoms with Crippen LogP contribution < -0.4 is 5.32 Å². The first-order chi connectivity index (χ1) is 3.77. The van der Waals surface area contributed by atoms with Crippen LogP contribution in [0, 0.1) is 6.54 Å². The highest BCUT2D eigenvalue weighted by atomic mass is 16.3. The van der Waals surface area contributed by atoms with Crippen molar-refractivity contribution in [2.45, 2.75) is 13.0 Å². The molecule has 0 rings (SSSR count). The summed E-state index contributed by atoms with van der Waals surface area (Å²) in [5.41, 5.74) is 0. The third-order valence-electron chi connectivity index (χ3n) is 0.615. The van der Waals surface area contributed by atoms with E-state index in [0.29, 0.717) is 6.54 Å². The molecule has 3 N–H and O–H groups in total. The first kappa shape index (κ1) is 7.88. The lowest BCUT2D eigenvalue weighted by atomic mass is 10.4. The summed E-state index contributed by atoms with van der Waals surface area (Å²) < 4.78 is 0. The molecule has 0 aliphatic rings. The van der Waals surface area contributed by atoms with Crippen molar-refractivity contribution < 1.29 is 10.2 Å². The Morgan fingerprint density at radius 3 is 2.75 bits per heavy atom. The van der Waals surface area contributed by atoms with Crippen molar-refractivity contribution in [3.63, 3.8) is 0 Å². The molecule has 1 radical (unpaired) electrons. The molecule has 1 atom stereocenters. The molecule has 0 aliphatic heterocycles. The maximum atomic E-state index is 8.58. The van der Waals surface area contributed by atoms with Crippen LogP contribution in [0.15, 0.2) is 0 Å². The van der Waals surface area contributed by atoms with Crippen LogP contribution in [-0.4, -0.2) is 29.5 Å². The Morgan fingerprint density at radius 2 is 2.38 bits per heavy atom. The molecule has 0 spiro atoms. The highest BCUT2D eigenvalue weighted by Crippen LogP contribution is 1.78. The molecule has 3 nitrogen and oxygen atoms in total. The lowest BCUT2D eigenvalue weighted by Gasteiger charge is -2.02. The molecule has 8 heavy (non-hydrogen) atoms. The first-order valence-electron chi connectivity index (χ1n) is 2.63. The van der Waals surface area contributed by atoms with Gasteiger partial charge in [-0.05, 0) is 6.92 Å². The Hall–Kier alpha value is -0.120. The zero-order valence-corrected chi connectivity index (χ0v) is 4.96. The monoisotopic (exact) mass is 118 g/mol. The van der Waals surface area contributed by atoms with Gasteiger partial charge in [-0.1, -0.05) is 0 Å². The fourth-order valence-corrected chi connectivity index (χ4v) is 0.318. The van der Waals surface area contributed by atoms with Crippen molar-refractivity contribution in [3.05, 3.63) is 6.54 Å². The van der Waals surface area contributed by atoms with E-state index in [1.165, 1.54) is 6.54 Å². The SMILES string of the molecule is CC(O)[CH]NCCO. The standard InChI is InChI=1S/C5H12NO2/c1-5(8)4-6-2-3-7/h4-8H,2-3H2,1H3. The van der Waals surface area contributed by atoms with E-state index in [1.807, 2.05) is 0 Å². The Bertz CT molecular complexity index is 47.7. The van der Waals surface area contributed by atoms with Crippen LogP contribution in [0.4, 0.5) is 0 Å². The van der Waals surface area contributed by atoms with Gasteiger partial charge in [0.1, 0.15) is 0 Å². The van der Waals surface area contributed by atoms with Gasteiger partial charge in [0.05, 0.1) is 19.3 Å². The maximum Gasteiger partial charge on any atom is 0.0681 e. The smallest absolute Gasteiger partial charge is 0.0681 e. The summed E-state index contributed by atoms with van der Waals surface area (Å²) in [7, 11) is 0. The average molecular weight is 118 g/mol. The van der Waals surface area contributed by atoms with E-state index in [4.69, 9.17) is 10.2 Å². The summed E-state index contributed by atoms with van der Waals surface area (Å²) in [6.07, 6.45) is -0.443. The summed E-state index contributed by atoms with van der Waals surface area (Å²) in [5, 5.41) is 19.5. The molecular formula is C5H12NO2. The summed E-state index contributed by atoms with van der Waals surface area (Å²) in [6.45, 7) is 3.77. The van der Waals surface area contributed by atoms with Crippen molar-refractivity contribution in [3.8, 4) is 0 Å². The quantitative estimate of drug-likeness (QED) is 0.420. The lowest BCUT2D eigenvalue weighted by molar-refractivity contribution is 0.213. The number of rotatable bonds is 4. The molecule has 0 fully saturated rings. The van der Waals surface area contributed by atoms with Crippen LogP contribution in [-0.2, 0) is 0 Å². The Kier molecular flexibility index (Phi) is 4.95. The number of hydrogen-bond acceptors (Lipinski definition) is 3. The summed E-state index contributed by atoms with van der Waals surface area (Å²) >= 11 is 0. The molecule has 0 saturated heterocycles. The minimum absolute atomic E-state index is 0.100. The van der Waals surface area contributed by atoms with Crippen LogP contribution in [0.25, 0.3) is 0 Å². The van der Waals surface area contributed by atoms with E-state index in [0.717, 1.165) is 0 Å². The Balaban J connectivity index is 2.72. The molecule has 0 aliphatic carbocycles. The molecule has 1 unspecified atom stereocenters. The van der Waals surface area contributed by atoms with Gasteiger partial charge in [-0.2, -0.15) is 0 Å². The van der Waals surface area contributed by atoms with Crippen LogP contribution in [0.2, 0.25) is 0 Å². The van der Waals surface area contributed by atoms with Gasteiger partial charge in [0.2, 0.25) is 0 Å². The molecule has 0 bridgehead atoms. The van der Waals surface area contributed by atoms with E-state index < -0.39 is 6.10 Å². The van der Waals surface area contributed by atoms with Crippen LogP contribution in [0.5, 0.6) is 0 Å². The Morgan fingerprint density at radius 1 is 1.75 bits per heavy atom. The number of aliphatic hydroxyl groups is 2. The van der Waals surface area contributed by atoms with Gasteiger partial charge in [0, 0.05) is 6.54 Å². The number of hydrogen-bond donors (Lipinski definition) is 3. The number of nitrogens with one attached hydrogen (secondary N) is 1. The second-order valence-corrected chi connectivity index (χ2v) is 1.59. The molecule has 0 aromatic heterocycles. The van der Waals surface area contributed by atoms with E-state index in [-0.39, 0.29) is 6.61 Å². The van der Waals surface area contributed by atoms with Crippen molar-refractivity contribution >= 4 is 0 Å².